The lowest BCUT2D eigenvalue weighted by Crippen LogP contribution is -1.98. The van der Waals surface area contributed by atoms with Gasteiger partial charge in [0.15, 0.2) is 0 Å². The monoisotopic (exact) mass is 370 g/mol. The molecule has 0 aliphatic heterocycles. The van der Waals surface area contributed by atoms with Gasteiger partial charge in [0.1, 0.15) is 5.56 Å². The molecule has 0 bridgehead atoms. The van der Waals surface area contributed by atoms with Gasteiger partial charge in [-0.2, -0.15) is 0 Å². The van der Waals surface area contributed by atoms with Gasteiger partial charge in [0.2, 0.25) is 0 Å². The Bertz CT molecular complexity index is 640. The Labute approximate surface area is 121 Å². The quantitative estimate of drug-likeness (QED) is 0.468. The van der Waals surface area contributed by atoms with E-state index in [1.54, 1.807) is 24.3 Å². The molecule has 0 saturated carbocycles. The second-order valence-electron chi connectivity index (χ2n) is 3.67. The molecule has 0 atom stereocenters. The predicted octanol–water partition coefficient (Wildman–Crippen LogP) is 3.77. The van der Waals surface area contributed by atoms with Crippen molar-refractivity contribution in [2.24, 2.45) is 0 Å². The van der Waals surface area contributed by atoms with E-state index in [1.807, 2.05) is 22.6 Å². The van der Waals surface area contributed by atoms with Gasteiger partial charge in [-0.1, -0.05) is 18.2 Å². The molecule has 7 heteroatoms. The molecule has 0 unspecified atom stereocenters. The van der Waals surface area contributed by atoms with E-state index in [9.17, 15) is 20.2 Å². The van der Waals surface area contributed by atoms with Crippen LogP contribution in [0.1, 0.15) is 0 Å². The molecule has 0 N–H and O–H groups in total. The lowest BCUT2D eigenvalue weighted by molar-refractivity contribution is -0.392. The summed E-state index contributed by atoms with van der Waals surface area (Å²) < 4.78 is 0.720. The van der Waals surface area contributed by atoms with Crippen LogP contribution in [0.15, 0.2) is 42.5 Å². The van der Waals surface area contributed by atoms with Gasteiger partial charge < -0.3 is 0 Å². The van der Waals surface area contributed by atoms with Crippen LogP contribution in [0.2, 0.25) is 0 Å². The maximum Gasteiger partial charge on any atom is 0.284 e. The van der Waals surface area contributed by atoms with Gasteiger partial charge in [0, 0.05) is 21.3 Å². The predicted molar refractivity (Wildman–Crippen MR) is 77.9 cm³/mol. The summed E-state index contributed by atoms with van der Waals surface area (Å²) in [6, 6.07) is 10.7. The topological polar surface area (TPSA) is 86.3 Å². The first-order valence-corrected chi connectivity index (χ1v) is 6.27. The van der Waals surface area contributed by atoms with Gasteiger partial charge >= 0.3 is 0 Å². The fraction of sp³-hybridized carbons (Fsp3) is 0. The summed E-state index contributed by atoms with van der Waals surface area (Å²) in [7, 11) is 0. The van der Waals surface area contributed by atoms with E-state index < -0.39 is 9.85 Å². The molecule has 0 fully saturated rings. The molecule has 0 spiro atoms. The minimum absolute atomic E-state index is 0.0440. The van der Waals surface area contributed by atoms with Crippen molar-refractivity contribution in [1.29, 1.82) is 0 Å². The highest BCUT2D eigenvalue weighted by Crippen LogP contribution is 2.39. The Morgan fingerprint density at radius 3 is 1.84 bits per heavy atom. The van der Waals surface area contributed by atoms with E-state index in [4.69, 9.17) is 0 Å². The lowest BCUT2D eigenvalue weighted by atomic mass is 10.0. The van der Waals surface area contributed by atoms with E-state index >= 15 is 0 Å². The molecule has 0 aliphatic carbocycles. The van der Waals surface area contributed by atoms with Gasteiger partial charge in [-0.05, 0) is 34.7 Å². The summed E-state index contributed by atoms with van der Waals surface area (Å²) in [4.78, 5) is 20.9. The second-order valence-corrected chi connectivity index (χ2v) is 4.83. The van der Waals surface area contributed by atoms with Crippen molar-refractivity contribution in [2.45, 2.75) is 0 Å². The molecule has 2 rings (SSSR count). The van der Waals surface area contributed by atoms with Crippen LogP contribution >= 0.6 is 22.6 Å². The Hall–Kier alpha value is -2.03. The number of halogens is 1. The maximum absolute atomic E-state index is 11.1. The average molecular weight is 370 g/mol. The van der Waals surface area contributed by atoms with Crippen LogP contribution in [0.3, 0.4) is 0 Å². The molecule has 0 aromatic heterocycles. The summed E-state index contributed by atoms with van der Waals surface area (Å²) in [5.41, 5.74) is 0.00114. The van der Waals surface area contributed by atoms with Crippen LogP contribution in [0.25, 0.3) is 11.1 Å². The average Bonchev–Trinajstić information content (AvgIpc) is 2.38. The summed E-state index contributed by atoms with van der Waals surface area (Å²) >= 11 is 2.00. The summed E-state index contributed by atoms with van der Waals surface area (Å²) in [5.74, 6) is 0. The molecule has 0 saturated heterocycles. The van der Waals surface area contributed by atoms with Crippen LogP contribution in [0.4, 0.5) is 11.4 Å². The Morgan fingerprint density at radius 2 is 1.37 bits per heavy atom. The Morgan fingerprint density at radius 1 is 0.842 bits per heavy atom. The number of nitro benzene ring substituents is 2. The van der Waals surface area contributed by atoms with Gasteiger partial charge in [-0.3, -0.25) is 20.2 Å². The third kappa shape index (κ3) is 2.55. The minimum Gasteiger partial charge on any atom is -0.258 e. The third-order valence-corrected chi connectivity index (χ3v) is 3.50. The third-order valence-electron chi connectivity index (χ3n) is 2.56. The standard InChI is InChI=1S/C12H7IN2O4/c13-9-5-2-1-4-8(9)12-10(14(16)17)6-3-7-11(12)15(18)19/h1-7H. The molecule has 0 heterocycles. The summed E-state index contributed by atoms with van der Waals surface area (Å²) in [5, 5.41) is 22.1. The fourth-order valence-corrected chi connectivity index (χ4v) is 2.43. The molecular weight excluding hydrogens is 363 g/mol. The van der Waals surface area contributed by atoms with E-state index in [0.717, 1.165) is 3.57 Å². The first-order valence-electron chi connectivity index (χ1n) is 5.19. The zero-order valence-electron chi connectivity index (χ0n) is 9.45. The normalized spacial score (nSPS) is 10.2. The summed E-state index contributed by atoms with van der Waals surface area (Å²) in [6.45, 7) is 0. The number of hydrogen-bond donors (Lipinski definition) is 0. The maximum atomic E-state index is 11.1. The Balaban J connectivity index is 2.83. The Kier molecular flexibility index (Phi) is 3.74. The largest absolute Gasteiger partial charge is 0.284 e. The van der Waals surface area contributed by atoms with Crippen molar-refractivity contribution in [2.75, 3.05) is 0 Å². The van der Waals surface area contributed by atoms with Crippen LogP contribution in [-0.2, 0) is 0 Å². The first-order chi connectivity index (χ1) is 9.02. The van der Waals surface area contributed by atoms with Crippen molar-refractivity contribution in [3.63, 3.8) is 0 Å². The van der Waals surface area contributed by atoms with Crippen molar-refractivity contribution < 1.29 is 9.85 Å². The van der Waals surface area contributed by atoms with Gasteiger partial charge in [0.05, 0.1) is 9.85 Å². The number of nitro groups is 2. The van der Waals surface area contributed by atoms with Gasteiger partial charge in [0.25, 0.3) is 11.4 Å². The summed E-state index contributed by atoms with van der Waals surface area (Å²) in [6.07, 6.45) is 0. The van der Waals surface area contributed by atoms with Gasteiger partial charge in [-0.15, -0.1) is 0 Å². The molecule has 0 aliphatic rings. The molecule has 0 amide bonds. The SMILES string of the molecule is O=[N+]([O-])c1cccc([N+](=O)[O-])c1-c1ccccc1I. The van der Waals surface area contributed by atoms with Crippen molar-refractivity contribution in [3.05, 3.63) is 66.3 Å². The second kappa shape index (κ2) is 5.31. The van der Waals surface area contributed by atoms with Gasteiger partial charge in [-0.25, -0.2) is 0 Å². The van der Waals surface area contributed by atoms with Crippen LogP contribution in [0.5, 0.6) is 0 Å². The molecule has 0 radical (unpaired) electrons. The highest BCUT2D eigenvalue weighted by molar-refractivity contribution is 14.1. The lowest BCUT2D eigenvalue weighted by Gasteiger charge is -2.06. The molecule has 19 heavy (non-hydrogen) atoms. The number of benzene rings is 2. The number of rotatable bonds is 3. The molecular formula is C12H7IN2O4. The number of nitrogens with zero attached hydrogens (tertiary/aromatic N) is 2. The zero-order chi connectivity index (χ0) is 14.0. The van der Waals surface area contributed by atoms with Crippen LogP contribution in [-0.4, -0.2) is 9.85 Å². The minimum atomic E-state index is -0.606. The molecule has 96 valence electrons. The van der Waals surface area contributed by atoms with Crippen molar-refractivity contribution in [1.82, 2.24) is 0 Å². The smallest absolute Gasteiger partial charge is 0.258 e. The molecule has 6 nitrogen and oxygen atoms in total. The highest BCUT2D eigenvalue weighted by atomic mass is 127. The number of hydrogen-bond acceptors (Lipinski definition) is 4. The molecule has 2 aromatic rings. The van der Waals surface area contributed by atoms with E-state index in [-0.39, 0.29) is 16.9 Å². The van der Waals surface area contributed by atoms with Crippen molar-refractivity contribution >= 4 is 34.0 Å². The van der Waals surface area contributed by atoms with E-state index in [0.29, 0.717) is 5.56 Å². The van der Waals surface area contributed by atoms with E-state index in [1.165, 1.54) is 18.2 Å². The van der Waals surface area contributed by atoms with Crippen LogP contribution in [0, 0.1) is 23.8 Å². The first kappa shape index (κ1) is 13.4. The van der Waals surface area contributed by atoms with Crippen LogP contribution < -0.4 is 0 Å². The zero-order valence-corrected chi connectivity index (χ0v) is 11.6. The molecule has 2 aromatic carbocycles. The highest BCUT2D eigenvalue weighted by Gasteiger charge is 2.26. The fourth-order valence-electron chi connectivity index (χ4n) is 1.77. The van der Waals surface area contributed by atoms with E-state index in [2.05, 4.69) is 0 Å². The van der Waals surface area contributed by atoms with Crippen molar-refractivity contribution in [3.8, 4) is 11.1 Å².